The quantitative estimate of drug-likeness (QED) is 0.571. The van der Waals surface area contributed by atoms with Crippen molar-refractivity contribution < 1.29 is 4.57 Å². The minimum Gasteiger partial charge on any atom is -0.200 e. The Bertz CT molecular complexity index is 853. The Labute approximate surface area is 139 Å². The van der Waals surface area contributed by atoms with Gasteiger partial charge in [-0.05, 0) is 41.8 Å². The predicted molar refractivity (Wildman–Crippen MR) is 98.5 cm³/mol. The van der Waals surface area contributed by atoms with E-state index in [0.29, 0.717) is 0 Å². The van der Waals surface area contributed by atoms with Gasteiger partial charge in [-0.3, -0.25) is 0 Å². The second-order valence-electron chi connectivity index (χ2n) is 7.71. The number of aromatic nitrogens is 1. The molecule has 0 radical (unpaired) electrons. The van der Waals surface area contributed by atoms with Crippen LogP contribution in [0.1, 0.15) is 31.9 Å². The highest BCUT2D eigenvalue weighted by molar-refractivity contribution is 5.95. The topological polar surface area (TPSA) is 3.88 Å². The first-order valence-electron chi connectivity index (χ1n) is 8.33. The van der Waals surface area contributed by atoms with E-state index in [0.717, 1.165) is 6.42 Å². The van der Waals surface area contributed by atoms with Gasteiger partial charge in [0, 0.05) is 11.1 Å². The summed E-state index contributed by atoms with van der Waals surface area (Å²) in [5.74, 6) is 0. The third kappa shape index (κ3) is 3.14. The molecule has 1 heterocycles. The lowest BCUT2D eigenvalue weighted by Gasteiger charge is -2.19. The Morgan fingerprint density at radius 1 is 0.870 bits per heavy atom. The van der Waals surface area contributed by atoms with Crippen LogP contribution in [0.15, 0.2) is 54.7 Å². The van der Waals surface area contributed by atoms with E-state index < -0.39 is 0 Å². The van der Waals surface area contributed by atoms with Crippen LogP contribution in [0.25, 0.3) is 22.0 Å². The fourth-order valence-corrected chi connectivity index (χ4v) is 3.41. The maximum atomic E-state index is 2.31. The van der Waals surface area contributed by atoms with Gasteiger partial charge in [-0.25, -0.2) is 4.57 Å². The van der Waals surface area contributed by atoms with Crippen molar-refractivity contribution in [3.63, 3.8) is 0 Å². The summed E-state index contributed by atoms with van der Waals surface area (Å²) in [6.07, 6.45) is 3.39. The maximum Gasteiger partial charge on any atom is 0.220 e. The summed E-state index contributed by atoms with van der Waals surface area (Å²) in [7, 11) is 2.17. The lowest BCUT2D eigenvalue weighted by molar-refractivity contribution is -0.659. The lowest BCUT2D eigenvalue weighted by atomic mass is 9.86. The second kappa shape index (κ2) is 5.81. The van der Waals surface area contributed by atoms with E-state index in [4.69, 9.17) is 0 Å². The number of hydrogen-bond acceptors (Lipinski definition) is 0. The summed E-state index contributed by atoms with van der Waals surface area (Å²) in [5.41, 5.74) is 5.63. The third-order valence-corrected chi connectivity index (χ3v) is 4.35. The van der Waals surface area contributed by atoms with E-state index in [1.54, 1.807) is 0 Å². The van der Waals surface area contributed by atoms with Gasteiger partial charge in [0.25, 0.3) is 0 Å². The monoisotopic (exact) mass is 304 g/mol. The number of fused-ring (bicyclic) bond motifs is 1. The summed E-state index contributed by atoms with van der Waals surface area (Å²) < 4.78 is 2.30. The van der Waals surface area contributed by atoms with Crippen LogP contribution in [0.2, 0.25) is 0 Å². The summed E-state index contributed by atoms with van der Waals surface area (Å²) in [6.45, 7) is 9.10. The normalized spacial score (nSPS) is 11.9. The zero-order valence-electron chi connectivity index (χ0n) is 14.9. The molecule has 0 N–H and O–H groups in total. The number of pyridine rings is 1. The van der Waals surface area contributed by atoms with Crippen LogP contribution in [0.5, 0.6) is 0 Å². The predicted octanol–water partition coefficient (Wildman–Crippen LogP) is 5.23. The fraction of sp³-hybridized carbons (Fsp3) is 0.318. The molecule has 2 aromatic carbocycles. The van der Waals surface area contributed by atoms with Crippen molar-refractivity contribution in [3.05, 3.63) is 65.9 Å². The van der Waals surface area contributed by atoms with Crippen LogP contribution in [-0.2, 0) is 13.5 Å². The van der Waals surface area contributed by atoms with Gasteiger partial charge in [-0.15, -0.1) is 0 Å². The molecule has 0 aliphatic carbocycles. The number of aryl methyl sites for hydroxylation is 2. The van der Waals surface area contributed by atoms with Crippen LogP contribution < -0.4 is 4.57 Å². The first-order valence-corrected chi connectivity index (χ1v) is 8.33. The minimum absolute atomic E-state index is 0.278. The molecule has 0 aliphatic rings. The molecule has 3 rings (SSSR count). The molecule has 0 amide bonds. The molecule has 0 unspecified atom stereocenters. The van der Waals surface area contributed by atoms with Crippen LogP contribution >= 0.6 is 0 Å². The summed E-state index contributed by atoms with van der Waals surface area (Å²) in [4.78, 5) is 0. The molecule has 1 heteroatoms. The van der Waals surface area contributed by atoms with Crippen molar-refractivity contribution in [1.82, 2.24) is 0 Å². The molecule has 1 aromatic heterocycles. The average Bonchev–Trinajstić information content (AvgIpc) is 2.47. The molecule has 0 spiro atoms. The molecule has 0 aliphatic heterocycles. The molecule has 3 aromatic rings. The van der Waals surface area contributed by atoms with Gasteiger partial charge in [-0.1, -0.05) is 57.2 Å². The molecule has 1 nitrogen and oxygen atoms in total. The molecule has 0 atom stereocenters. The Kier molecular flexibility index (Phi) is 3.97. The summed E-state index contributed by atoms with van der Waals surface area (Å²) in [5, 5.41) is 2.71. The first kappa shape index (κ1) is 15.7. The van der Waals surface area contributed by atoms with Gasteiger partial charge < -0.3 is 0 Å². The van der Waals surface area contributed by atoms with Crippen LogP contribution in [0.3, 0.4) is 0 Å². The highest BCUT2D eigenvalue weighted by Crippen LogP contribution is 2.32. The van der Waals surface area contributed by atoms with Crippen LogP contribution in [0.4, 0.5) is 0 Å². The molecule has 0 saturated carbocycles. The van der Waals surface area contributed by atoms with Gasteiger partial charge >= 0.3 is 0 Å². The van der Waals surface area contributed by atoms with Gasteiger partial charge in [-0.2, -0.15) is 0 Å². The standard InChI is InChI=1S/C22H26N/c1-16-10-6-7-11-18(16)21-20-13-9-8-12-19(20)17(15-23(21)5)14-22(2,3)4/h6-13,15H,14H2,1-5H3/q+1. The maximum absolute atomic E-state index is 2.31. The second-order valence-corrected chi connectivity index (χ2v) is 7.71. The third-order valence-electron chi connectivity index (χ3n) is 4.35. The van der Waals surface area contributed by atoms with E-state index in [1.165, 1.54) is 33.2 Å². The smallest absolute Gasteiger partial charge is 0.200 e. The van der Waals surface area contributed by atoms with E-state index in [-0.39, 0.29) is 5.41 Å². The van der Waals surface area contributed by atoms with Gasteiger partial charge in [0.15, 0.2) is 6.20 Å². The van der Waals surface area contributed by atoms with Crippen LogP contribution in [-0.4, -0.2) is 0 Å². The molecular weight excluding hydrogens is 278 g/mol. The Balaban J connectivity index is 2.32. The molecule has 0 fully saturated rings. The first-order chi connectivity index (χ1) is 10.9. The Morgan fingerprint density at radius 3 is 2.13 bits per heavy atom. The minimum atomic E-state index is 0.278. The molecule has 0 bridgehead atoms. The van der Waals surface area contributed by atoms with Crippen molar-refractivity contribution in [3.8, 4) is 11.3 Å². The van der Waals surface area contributed by atoms with Crippen molar-refractivity contribution >= 4 is 10.8 Å². The average molecular weight is 304 g/mol. The Morgan fingerprint density at radius 2 is 1.48 bits per heavy atom. The van der Waals surface area contributed by atoms with Gasteiger partial charge in [0.1, 0.15) is 7.05 Å². The number of benzene rings is 2. The Hall–Kier alpha value is -2.15. The summed E-state index contributed by atoms with van der Waals surface area (Å²) >= 11 is 0. The van der Waals surface area contributed by atoms with E-state index >= 15 is 0 Å². The van der Waals surface area contributed by atoms with Crippen molar-refractivity contribution in [2.24, 2.45) is 12.5 Å². The molecule has 0 saturated heterocycles. The zero-order valence-corrected chi connectivity index (χ0v) is 14.9. The van der Waals surface area contributed by atoms with Crippen molar-refractivity contribution in [2.75, 3.05) is 0 Å². The van der Waals surface area contributed by atoms with Gasteiger partial charge in [0.05, 0.1) is 5.39 Å². The van der Waals surface area contributed by atoms with E-state index in [2.05, 4.69) is 94.0 Å². The van der Waals surface area contributed by atoms with Crippen LogP contribution in [0, 0.1) is 12.3 Å². The number of hydrogen-bond donors (Lipinski definition) is 0. The zero-order chi connectivity index (χ0) is 16.6. The summed E-state index contributed by atoms with van der Waals surface area (Å²) in [6, 6.07) is 17.4. The highest BCUT2D eigenvalue weighted by atomic mass is 14.9. The van der Waals surface area contributed by atoms with Crippen molar-refractivity contribution in [2.45, 2.75) is 34.1 Å². The van der Waals surface area contributed by atoms with Gasteiger partial charge in [0.2, 0.25) is 5.69 Å². The lowest BCUT2D eigenvalue weighted by Crippen LogP contribution is -2.32. The molecule has 118 valence electrons. The fourth-order valence-electron chi connectivity index (χ4n) is 3.41. The highest BCUT2D eigenvalue weighted by Gasteiger charge is 2.22. The number of rotatable bonds is 2. The number of nitrogens with zero attached hydrogens (tertiary/aromatic N) is 1. The van der Waals surface area contributed by atoms with Crippen molar-refractivity contribution in [1.29, 1.82) is 0 Å². The largest absolute Gasteiger partial charge is 0.220 e. The van der Waals surface area contributed by atoms with E-state index in [9.17, 15) is 0 Å². The molecule has 23 heavy (non-hydrogen) atoms. The SMILES string of the molecule is Cc1ccccc1-c1c2ccccc2c(CC(C)(C)C)c[n+]1C. The molecular formula is C22H26N+. The van der Waals surface area contributed by atoms with E-state index in [1.807, 2.05) is 0 Å².